The highest BCUT2D eigenvalue weighted by Crippen LogP contribution is 2.40. The summed E-state index contributed by atoms with van der Waals surface area (Å²) >= 11 is 0. The molecule has 17 heavy (non-hydrogen) atoms. The number of hydrogen-bond acceptors (Lipinski definition) is 1. The largest absolute Gasteiger partial charge is 0.414 e. The van der Waals surface area contributed by atoms with E-state index >= 15 is 0 Å². The highest BCUT2D eigenvalue weighted by atomic mass is 28.3. The summed E-state index contributed by atoms with van der Waals surface area (Å²) in [5, 5.41) is 0. The lowest BCUT2D eigenvalue weighted by Gasteiger charge is -2.33. The molecule has 92 valence electrons. The zero-order valence-electron chi connectivity index (χ0n) is 11.3. The molecule has 0 aliphatic rings. The third-order valence-corrected chi connectivity index (χ3v) is 3.35. The van der Waals surface area contributed by atoms with Crippen LogP contribution in [0.5, 0.6) is 0 Å². The Morgan fingerprint density at radius 2 is 1.82 bits per heavy atom. The summed E-state index contributed by atoms with van der Waals surface area (Å²) in [4.78, 5) is 3.60. The Morgan fingerprint density at radius 1 is 1.24 bits per heavy atom. The molecular formula is C14H21NOSi. The number of hydrogen-bond donors (Lipinski definition) is 0. The van der Waals surface area contributed by atoms with Gasteiger partial charge in [-0.3, -0.25) is 0 Å². The minimum Gasteiger partial charge on any atom is -0.414 e. The maximum absolute atomic E-state index is 7.25. The van der Waals surface area contributed by atoms with Crippen molar-refractivity contribution >= 4 is 14.7 Å². The monoisotopic (exact) mass is 247 g/mol. The van der Waals surface area contributed by atoms with Crippen molar-refractivity contribution < 1.29 is 4.43 Å². The van der Waals surface area contributed by atoms with E-state index < -0.39 is 9.04 Å². The molecule has 0 spiro atoms. The molecule has 0 N–H and O–H groups in total. The second-order valence-corrected chi connectivity index (χ2v) is 7.97. The van der Waals surface area contributed by atoms with Gasteiger partial charge in [0.1, 0.15) is 0 Å². The third kappa shape index (κ3) is 3.69. The van der Waals surface area contributed by atoms with Crippen LogP contribution in [-0.4, -0.2) is 9.04 Å². The van der Waals surface area contributed by atoms with Crippen molar-refractivity contribution in [1.29, 1.82) is 0 Å². The number of nitrogens with zero attached hydrogens (tertiary/aromatic N) is 1. The minimum absolute atomic E-state index is 0.0120. The maximum Gasteiger partial charge on any atom is 0.192 e. The van der Waals surface area contributed by atoms with Crippen LogP contribution in [0.25, 0.3) is 4.85 Å². The van der Waals surface area contributed by atoms with Gasteiger partial charge in [0.05, 0.1) is 12.7 Å². The zero-order valence-corrected chi connectivity index (χ0v) is 12.5. The molecule has 3 heteroatoms. The molecule has 0 saturated heterocycles. The van der Waals surface area contributed by atoms with Crippen molar-refractivity contribution in [2.24, 2.45) is 5.41 Å². The Labute approximate surface area is 106 Å². The van der Waals surface area contributed by atoms with Gasteiger partial charge >= 0.3 is 0 Å². The van der Waals surface area contributed by atoms with Crippen molar-refractivity contribution in [3.63, 3.8) is 0 Å². The standard InChI is InChI=1S/C14H21NOSi/c1-14(2,3)13(16-17(5)6)11-9-7-8-10-12(11)15-4/h7-10,13,17H,1-3,5-6H3. The van der Waals surface area contributed by atoms with Gasteiger partial charge in [0.15, 0.2) is 14.7 Å². The first-order valence-electron chi connectivity index (χ1n) is 5.98. The lowest BCUT2D eigenvalue weighted by molar-refractivity contribution is 0.0873. The Hall–Kier alpha value is -1.11. The summed E-state index contributed by atoms with van der Waals surface area (Å²) in [5.41, 5.74) is 1.75. The number of benzene rings is 1. The molecular weight excluding hydrogens is 226 g/mol. The SMILES string of the molecule is [C-]#[N+]c1ccccc1C(O[SiH](C)C)C(C)(C)C. The summed E-state index contributed by atoms with van der Waals surface area (Å²) in [5.74, 6) is 0. The predicted molar refractivity (Wildman–Crippen MR) is 74.9 cm³/mol. The Bertz CT molecular complexity index is 415. The summed E-state index contributed by atoms with van der Waals surface area (Å²) in [6.07, 6.45) is 0.0134. The summed E-state index contributed by atoms with van der Waals surface area (Å²) < 4.78 is 6.14. The predicted octanol–water partition coefficient (Wildman–Crippen LogP) is 4.32. The van der Waals surface area contributed by atoms with Crippen molar-refractivity contribution in [2.45, 2.75) is 40.0 Å². The van der Waals surface area contributed by atoms with Crippen LogP contribution < -0.4 is 0 Å². The molecule has 0 aliphatic carbocycles. The summed E-state index contributed by atoms with van der Waals surface area (Å²) in [6, 6.07) is 7.77. The van der Waals surface area contributed by atoms with Crippen LogP contribution in [0, 0.1) is 12.0 Å². The fourth-order valence-electron chi connectivity index (χ4n) is 1.83. The van der Waals surface area contributed by atoms with E-state index in [2.05, 4.69) is 38.7 Å². The van der Waals surface area contributed by atoms with E-state index in [0.717, 1.165) is 5.56 Å². The molecule has 0 aromatic heterocycles. The highest BCUT2D eigenvalue weighted by Gasteiger charge is 2.29. The molecule has 0 radical (unpaired) electrons. The van der Waals surface area contributed by atoms with Crippen molar-refractivity contribution in [3.05, 3.63) is 41.2 Å². The first-order chi connectivity index (χ1) is 7.86. The van der Waals surface area contributed by atoms with Crippen LogP contribution in [0.15, 0.2) is 24.3 Å². The Kier molecular flexibility index (Phi) is 4.50. The minimum atomic E-state index is -1.13. The summed E-state index contributed by atoms with van der Waals surface area (Å²) in [7, 11) is -1.13. The molecule has 1 rings (SSSR count). The van der Waals surface area contributed by atoms with Crippen LogP contribution >= 0.6 is 0 Å². The average molecular weight is 247 g/mol. The molecule has 0 aliphatic heterocycles. The first kappa shape index (κ1) is 13.9. The van der Waals surface area contributed by atoms with Crippen LogP contribution in [0.2, 0.25) is 13.1 Å². The van der Waals surface area contributed by atoms with Gasteiger partial charge in [-0.05, 0) is 24.1 Å². The third-order valence-electron chi connectivity index (χ3n) is 2.53. The smallest absolute Gasteiger partial charge is 0.192 e. The molecule has 0 amide bonds. The van der Waals surface area contributed by atoms with Gasteiger partial charge < -0.3 is 4.43 Å². The van der Waals surface area contributed by atoms with E-state index in [0.29, 0.717) is 5.69 Å². The number of para-hydroxylation sites is 1. The Balaban J connectivity index is 3.18. The quantitative estimate of drug-likeness (QED) is 0.573. The maximum atomic E-state index is 7.25. The molecule has 0 saturated carbocycles. The lowest BCUT2D eigenvalue weighted by atomic mass is 9.84. The summed E-state index contributed by atoms with van der Waals surface area (Å²) in [6.45, 7) is 18.1. The molecule has 0 fully saturated rings. The van der Waals surface area contributed by atoms with Gasteiger partial charge in [-0.25, -0.2) is 4.85 Å². The van der Waals surface area contributed by atoms with Crippen molar-refractivity contribution in [2.75, 3.05) is 0 Å². The lowest BCUT2D eigenvalue weighted by Crippen LogP contribution is -2.25. The van der Waals surface area contributed by atoms with Gasteiger partial charge in [0, 0.05) is 0 Å². The van der Waals surface area contributed by atoms with E-state index in [1.165, 1.54) is 0 Å². The highest BCUT2D eigenvalue weighted by molar-refractivity contribution is 6.48. The fraction of sp³-hybridized carbons (Fsp3) is 0.500. The normalized spacial score (nSPS) is 13.5. The Morgan fingerprint density at radius 3 is 2.29 bits per heavy atom. The average Bonchev–Trinajstić information content (AvgIpc) is 2.24. The van der Waals surface area contributed by atoms with Crippen molar-refractivity contribution in [1.82, 2.24) is 0 Å². The zero-order chi connectivity index (χ0) is 13.1. The van der Waals surface area contributed by atoms with Gasteiger partial charge in [0.2, 0.25) is 0 Å². The molecule has 2 nitrogen and oxygen atoms in total. The molecule has 1 aromatic carbocycles. The van der Waals surface area contributed by atoms with E-state index in [1.54, 1.807) is 0 Å². The molecule has 1 atom stereocenters. The van der Waals surface area contributed by atoms with Gasteiger partial charge in [0.25, 0.3) is 0 Å². The van der Waals surface area contributed by atoms with Gasteiger partial charge in [-0.15, -0.1) is 0 Å². The topological polar surface area (TPSA) is 13.6 Å². The van der Waals surface area contributed by atoms with Crippen LogP contribution in [0.4, 0.5) is 5.69 Å². The van der Waals surface area contributed by atoms with E-state index in [1.807, 2.05) is 24.3 Å². The van der Waals surface area contributed by atoms with Crippen molar-refractivity contribution in [3.8, 4) is 0 Å². The van der Waals surface area contributed by atoms with E-state index in [-0.39, 0.29) is 11.5 Å². The first-order valence-corrected chi connectivity index (χ1v) is 8.76. The van der Waals surface area contributed by atoms with Crippen LogP contribution in [0.3, 0.4) is 0 Å². The molecule has 1 aromatic rings. The van der Waals surface area contributed by atoms with Gasteiger partial charge in [-0.1, -0.05) is 45.0 Å². The van der Waals surface area contributed by atoms with E-state index in [4.69, 9.17) is 11.0 Å². The fourth-order valence-corrected chi connectivity index (χ4v) is 2.93. The van der Waals surface area contributed by atoms with Crippen LogP contribution in [-0.2, 0) is 4.43 Å². The second-order valence-electron chi connectivity index (χ2n) is 5.60. The number of rotatable bonds is 3. The second kappa shape index (κ2) is 5.48. The van der Waals surface area contributed by atoms with Gasteiger partial charge in [-0.2, -0.15) is 0 Å². The molecule has 1 unspecified atom stereocenters. The van der Waals surface area contributed by atoms with E-state index in [9.17, 15) is 0 Å². The van der Waals surface area contributed by atoms with Crippen LogP contribution in [0.1, 0.15) is 32.4 Å². The molecule has 0 bridgehead atoms. The molecule has 0 heterocycles.